The summed E-state index contributed by atoms with van der Waals surface area (Å²) in [5.41, 5.74) is 9.81. The Morgan fingerprint density at radius 2 is 1.09 bits per heavy atom. The summed E-state index contributed by atoms with van der Waals surface area (Å²) in [5, 5.41) is 0. The first-order valence-electron chi connectivity index (χ1n) is 2.01. The van der Waals surface area contributed by atoms with E-state index in [2.05, 4.69) is 0 Å². The van der Waals surface area contributed by atoms with Gasteiger partial charge < -0.3 is 23.8 Å². The van der Waals surface area contributed by atoms with Crippen LogP contribution in [0.2, 0.25) is 0 Å². The number of rotatable bonds is 1. The standard InChI is InChI=1S/C2H8N2.2H3N.H2O4S/c3-1-2-4;;;1-5(2,3)4/h1-4H2;2*1H3;(H2,1,2,3,4). The second-order valence-electron chi connectivity index (χ2n) is 1.03. The van der Waals surface area contributed by atoms with Crippen LogP contribution in [0.25, 0.3) is 0 Å². The monoisotopic (exact) mass is 192 g/mol. The zero-order valence-electron chi connectivity index (χ0n) is 6.10. The predicted octanol–water partition coefficient (Wildman–Crippen LogP) is -1.42. The molecule has 0 aromatic rings. The van der Waals surface area contributed by atoms with E-state index in [0.717, 1.165) is 0 Å². The van der Waals surface area contributed by atoms with E-state index in [-0.39, 0.29) is 12.3 Å². The van der Waals surface area contributed by atoms with E-state index in [4.69, 9.17) is 29.0 Å². The minimum absolute atomic E-state index is 0. The fourth-order valence-corrected chi connectivity index (χ4v) is 0. The van der Waals surface area contributed by atoms with Gasteiger partial charge in [-0.2, -0.15) is 8.42 Å². The van der Waals surface area contributed by atoms with Gasteiger partial charge in [-0.3, -0.25) is 9.11 Å². The highest BCUT2D eigenvalue weighted by molar-refractivity contribution is 7.79. The second-order valence-corrected chi connectivity index (χ2v) is 1.92. The second kappa shape index (κ2) is 12.4. The first-order valence-corrected chi connectivity index (χ1v) is 3.41. The van der Waals surface area contributed by atoms with Gasteiger partial charge in [-0.05, 0) is 0 Å². The Morgan fingerprint density at radius 1 is 1.00 bits per heavy atom. The van der Waals surface area contributed by atoms with Crippen molar-refractivity contribution >= 4 is 10.4 Å². The molecule has 0 aliphatic rings. The third kappa shape index (κ3) is 1150. The van der Waals surface area contributed by atoms with Crippen LogP contribution >= 0.6 is 0 Å². The van der Waals surface area contributed by atoms with Crippen molar-refractivity contribution in [3.63, 3.8) is 0 Å². The van der Waals surface area contributed by atoms with Crippen molar-refractivity contribution in [3.8, 4) is 0 Å². The Labute approximate surface area is 65.7 Å². The minimum Gasteiger partial charge on any atom is -0.344 e. The van der Waals surface area contributed by atoms with Crippen molar-refractivity contribution < 1.29 is 17.5 Å². The lowest BCUT2D eigenvalue weighted by Crippen LogP contribution is -2.11. The molecule has 0 rings (SSSR count). The maximum absolute atomic E-state index is 8.74. The summed E-state index contributed by atoms with van der Waals surface area (Å²) in [6.45, 7) is 1.19. The molecule has 0 atom stereocenters. The molecular weight excluding hydrogens is 176 g/mol. The van der Waals surface area contributed by atoms with Crippen LogP contribution in [0.1, 0.15) is 0 Å². The van der Waals surface area contributed by atoms with E-state index in [1.54, 1.807) is 0 Å². The Bertz CT molecular complexity index is 123. The minimum atomic E-state index is -4.67. The summed E-state index contributed by atoms with van der Waals surface area (Å²) >= 11 is 0. The number of nitrogens with two attached hydrogens (primary N) is 2. The Morgan fingerprint density at radius 3 is 1.09 bits per heavy atom. The van der Waals surface area contributed by atoms with Crippen molar-refractivity contribution in [1.82, 2.24) is 12.3 Å². The molecule has 0 radical (unpaired) electrons. The van der Waals surface area contributed by atoms with Crippen molar-refractivity contribution in [3.05, 3.63) is 0 Å². The van der Waals surface area contributed by atoms with Gasteiger partial charge in [0.1, 0.15) is 0 Å². The van der Waals surface area contributed by atoms with Gasteiger partial charge in [0.25, 0.3) is 0 Å². The predicted molar refractivity (Wildman–Crippen MR) is 42.3 cm³/mol. The Balaban J connectivity index is -0.0000000383. The van der Waals surface area contributed by atoms with E-state index >= 15 is 0 Å². The van der Waals surface area contributed by atoms with Crippen LogP contribution in [0, 0.1) is 0 Å². The van der Waals surface area contributed by atoms with Gasteiger partial charge in [-0.25, -0.2) is 0 Å². The summed E-state index contributed by atoms with van der Waals surface area (Å²) < 4.78 is 31.6. The summed E-state index contributed by atoms with van der Waals surface area (Å²) in [7, 11) is -4.67. The smallest absolute Gasteiger partial charge is 0.344 e. The first kappa shape index (κ1) is 22.4. The van der Waals surface area contributed by atoms with Gasteiger partial charge in [0.2, 0.25) is 0 Å². The van der Waals surface area contributed by atoms with E-state index in [1.165, 1.54) is 0 Å². The summed E-state index contributed by atoms with van der Waals surface area (Å²) in [5.74, 6) is 0. The van der Waals surface area contributed by atoms with Gasteiger partial charge in [-0.1, -0.05) is 0 Å². The molecule has 0 heterocycles. The number of hydrogen-bond acceptors (Lipinski definition) is 6. The molecule has 0 spiro atoms. The average Bonchev–Trinajstić information content (AvgIpc) is 1.61. The molecule has 0 aromatic carbocycles. The molecule has 0 bridgehead atoms. The van der Waals surface area contributed by atoms with Gasteiger partial charge in [0.05, 0.1) is 0 Å². The summed E-state index contributed by atoms with van der Waals surface area (Å²) in [6, 6.07) is 0. The van der Waals surface area contributed by atoms with E-state index in [9.17, 15) is 0 Å². The van der Waals surface area contributed by atoms with Gasteiger partial charge in [0.15, 0.2) is 0 Å². The zero-order chi connectivity index (χ0) is 7.91. The lowest BCUT2D eigenvalue weighted by Gasteiger charge is -1.72. The molecule has 12 N–H and O–H groups in total. The topological polar surface area (TPSA) is 197 Å². The highest BCUT2D eigenvalue weighted by Gasteiger charge is 1.84. The van der Waals surface area contributed by atoms with Crippen LogP contribution in [-0.4, -0.2) is 30.6 Å². The van der Waals surface area contributed by atoms with E-state index in [1.807, 2.05) is 0 Å². The fraction of sp³-hybridized carbons (Fsp3) is 1.00. The van der Waals surface area contributed by atoms with Gasteiger partial charge in [0, 0.05) is 13.1 Å². The zero-order valence-corrected chi connectivity index (χ0v) is 6.92. The van der Waals surface area contributed by atoms with Crippen LogP contribution in [0.4, 0.5) is 0 Å². The lowest BCUT2D eigenvalue weighted by molar-refractivity contribution is 0.381. The molecular formula is C2H16N4O4S. The lowest BCUT2D eigenvalue weighted by atomic mass is 10.7. The molecule has 74 valence electrons. The molecule has 0 saturated heterocycles. The molecule has 0 fully saturated rings. The Hall–Kier alpha value is -0.290. The molecule has 0 aliphatic heterocycles. The van der Waals surface area contributed by atoms with Crippen LogP contribution in [-0.2, 0) is 10.4 Å². The molecule has 0 aliphatic carbocycles. The maximum atomic E-state index is 8.74. The van der Waals surface area contributed by atoms with Crippen molar-refractivity contribution in [1.29, 1.82) is 0 Å². The van der Waals surface area contributed by atoms with Crippen LogP contribution in [0.3, 0.4) is 0 Å². The molecule has 0 unspecified atom stereocenters. The third-order valence-electron chi connectivity index (χ3n) is 0.167. The maximum Gasteiger partial charge on any atom is 0.394 e. The summed E-state index contributed by atoms with van der Waals surface area (Å²) in [4.78, 5) is 0. The van der Waals surface area contributed by atoms with Crippen LogP contribution in [0.5, 0.6) is 0 Å². The molecule has 11 heavy (non-hydrogen) atoms. The first-order chi connectivity index (χ1) is 3.91. The molecule has 0 aromatic heterocycles. The van der Waals surface area contributed by atoms with Crippen molar-refractivity contribution in [2.24, 2.45) is 11.5 Å². The van der Waals surface area contributed by atoms with Crippen molar-refractivity contribution in [2.45, 2.75) is 0 Å². The fourth-order valence-electron chi connectivity index (χ4n) is 0. The Kier molecular flexibility index (Phi) is 25.3. The quantitative estimate of drug-likeness (QED) is 0.272. The number of hydrogen-bond donors (Lipinski definition) is 6. The van der Waals surface area contributed by atoms with Crippen LogP contribution in [0.15, 0.2) is 0 Å². The van der Waals surface area contributed by atoms with Gasteiger partial charge in [-0.15, -0.1) is 0 Å². The summed E-state index contributed by atoms with van der Waals surface area (Å²) in [6.07, 6.45) is 0. The van der Waals surface area contributed by atoms with Gasteiger partial charge >= 0.3 is 10.4 Å². The largest absolute Gasteiger partial charge is 0.394 e. The molecule has 0 saturated carbocycles. The highest BCUT2D eigenvalue weighted by Crippen LogP contribution is 1.59. The third-order valence-corrected chi connectivity index (χ3v) is 0.167. The van der Waals surface area contributed by atoms with E-state index in [0.29, 0.717) is 13.1 Å². The molecule has 0 amide bonds. The molecule has 9 heteroatoms. The van der Waals surface area contributed by atoms with Crippen molar-refractivity contribution in [2.75, 3.05) is 13.1 Å². The molecule has 8 nitrogen and oxygen atoms in total. The van der Waals surface area contributed by atoms with E-state index < -0.39 is 10.4 Å². The van der Waals surface area contributed by atoms with Crippen LogP contribution < -0.4 is 23.8 Å². The SMILES string of the molecule is N.N.NCCN.O=S(=O)(O)O. The highest BCUT2D eigenvalue weighted by atomic mass is 32.3. The normalized spacial score (nSPS) is 8.00. The average molecular weight is 192 g/mol.